The van der Waals surface area contributed by atoms with E-state index in [0.29, 0.717) is 10.6 Å². The van der Waals surface area contributed by atoms with Gasteiger partial charge in [0.2, 0.25) is 5.76 Å². The number of furan rings is 1. The minimum absolute atomic E-state index is 0.226. The smallest absolute Gasteiger partial charge is 0.433 e. The first-order chi connectivity index (χ1) is 9.49. The molecule has 2 aromatic rings. The molecule has 1 aromatic carbocycles. The van der Waals surface area contributed by atoms with E-state index in [0.717, 1.165) is 6.07 Å². The lowest BCUT2D eigenvalue weighted by molar-refractivity contribution is -0.402. The number of nitro groups is 1. The van der Waals surface area contributed by atoms with Crippen LogP contribution >= 0.6 is 11.6 Å². The molecule has 0 N–H and O–H groups in total. The second kappa shape index (κ2) is 5.75. The van der Waals surface area contributed by atoms with Crippen LogP contribution in [0, 0.1) is 10.1 Å². The summed E-state index contributed by atoms with van der Waals surface area (Å²) in [5.74, 6) is -1.52. The molecule has 6 nitrogen and oxygen atoms in total. The first-order valence-electron chi connectivity index (χ1n) is 5.68. The summed E-state index contributed by atoms with van der Waals surface area (Å²) < 4.78 is 9.92. The summed E-state index contributed by atoms with van der Waals surface area (Å²) in [6.07, 6.45) is -0.597. The van der Waals surface area contributed by atoms with Crippen molar-refractivity contribution in [2.75, 3.05) is 0 Å². The Hall–Kier alpha value is -2.34. The number of ether oxygens (including phenoxy) is 1. The van der Waals surface area contributed by atoms with Gasteiger partial charge >= 0.3 is 11.9 Å². The van der Waals surface area contributed by atoms with E-state index in [1.165, 1.54) is 6.07 Å². The van der Waals surface area contributed by atoms with Crippen LogP contribution in [0.5, 0.6) is 0 Å². The lowest BCUT2D eigenvalue weighted by atomic mass is 10.1. The molecule has 0 bridgehead atoms. The molecule has 1 heterocycles. The Balaban J connectivity index is 2.11. The predicted octanol–water partition coefficient (Wildman–Crippen LogP) is 3.76. The SMILES string of the molecule is C[C@H](OC(=O)c1ccc([N+](=O)[O-])o1)c1ccccc1Cl. The highest BCUT2D eigenvalue weighted by Gasteiger charge is 2.21. The first kappa shape index (κ1) is 14.1. The van der Waals surface area contributed by atoms with Gasteiger partial charge in [0.25, 0.3) is 0 Å². The van der Waals surface area contributed by atoms with Gasteiger partial charge in [0.15, 0.2) is 0 Å². The number of carbonyl (C=O) groups excluding carboxylic acids is 1. The molecule has 1 atom stereocenters. The quantitative estimate of drug-likeness (QED) is 0.487. The molecule has 0 aliphatic carbocycles. The molecular weight excluding hydrogens is 286 g/mol. The Bertz CT molecular complexity index is 652. The summed E-state index contributed by atoms with van der Waals surface area (Å²) in [5.41, 5.74) is 0.642. The molecule has 0 unspecified atom stereocenters. The second-order valence-electron chi connectivity index (χ2n) is 3.96. The van der Waals surface area contributed by atoms with E-state index in [1.54, 1.807) is 31.2 Å². The maximum absolute atomic E-state index is 11.8. The molecule has 7 heteroatoms. The maximum Gasteiger partial charge on any atom is 0.433 e. The Morgan fingerprint density at radius 3 is 2.65 bits per heavy atom. The van der Waals surface area contributed by atoms with E-state index in [1.807, 2.05) is 0 Å². The Kier molecular flexibility index (Phi) is 4.05. The van der Waals surface area contributed by atoms with E-state index in [-0.39, 0.29) is 5.76 Å². The number of rotatable bonds is 4. The van der Waals surface area contributed by atoms with Gasteiger partial charge in [-0.3, -0.25) is 10.1 Å². The maximum atomic E-state index is 11.8. The number of hydrogen-bond acceptors (Lipinski definition) is 5. The molecule has 2 rings (SSSR count). The van der Waals surface area contributed by atoms with Crippen LogP contribution in [0.25, 0.3) is 0 Å². The molecule has 0 aliphatic rings. The van der Waals surface area contributed by atoms with Crippen molar-refractivity contribution in [3.8, 4) is 0 Å². The van der Waals surface area contributed by atoms with Gasteiger partial charge in [-0.1, -0.05) is 29.8 Å². The molecule has 104 valence electrons. The molecular formula is C13H10ClNO5. The first-order valence-corrected chi connectivity index (χ1v) is 6.06. The van der Waals surface area contributed by atoms with Crippen LogP contribution in [0.1, 0.15) is 29.1 Å². The third-order valence-corrected chi connectivity index (χ3v) is 2.94. The van der Waals surface area contributed by atoms with Gasteiger partial charge < -0.3 is 9.15 Å². The van der Waals surface area contributed by atoms with Gasteiger partial charge in [-0.2, -0.15) is 0 Å². The van der Waals surface area contributed by atoms with Crippen LogP contribution in [0.15, 0.2) is 40.8 Å². The summed E-state index contributed by atoms with van der Waals surface area (Å²) in [5, 5.41) is 10.9. The fourth-order valence-electron chi connectivity index (χ4n) is 1.62. The van der Waals surface area contributed by atoms with Crippen molar-refractivity contribution < 1.29 is 18.9 Å². The van der Waals surface area contributed by atoms with E-state index < -0.39 is 22.9 Å². The van der Waals surface area contributed by atoms with E-state index in [2.05, 4.69) is 0 Å². The van der Waals surface area contributed by atoms with Crippen LogP contribution in [-0.4, -0.2) is 10.9 Å². The Labute approximate surface area is 119 Å². The van der Waals surface area contributed by atoms with Gasteiger partial charge in [-0.15, -0.1) is 0 Å². The fourth-order valence-corrected chi connectivity index (χ4v) is 1.91. The van der Waals surface area contributed by atoms with Gasteiger partial charge in [0, 0.05) is 10.6 Å². The number of nitrogens with zero attached hydrogens (tertiary/aromatic N) is 1. The van der Waals surface area contributed by atoms with Crippen LogP contribution in [0.2, 0.25) is 5.02 Å². The molecule has 0 amide bonds. The zero-order valence-electron chi connectivity index (χ0n) is 10.4. The molecule has 0 radical (unpaired) electrons. The van der Waals surface area contributed by atoms with E-state index in [9.17, 15) is 14.9 Å². The van der Waals surface area contributed by atoms with Gasteiger partial charge in [-0.05, 0) is 19.1 Å². The predicted molar refractivity (Wildman–Crippen MR) is 70.6 cm³/mol. The van der Waals surface area contributed by atoms with Crippen molar-refractivity contribution in [3.05, 3.63) is 62.9 Å². The molecule has 0 saturated heterocycles. The lowest BCUT2D eigenvalue weighted by Gasteiger charge is -2.13. The highest BCUT2D eigenvalue weighted by molar-refractivity contribution is 6.31. The summed E-state index contributed by atoms with van der Waals surface area (Å²) in [7, 11) is 0. The van der Waals surface area contributed by atoms with E-state index in [4.69, 9.17) is 20.8 Å². The molecule has 0 fully saturated rings. The average molecular weight is 296 g/mol. The minimum Gasteiger partial charge on any atom is -0.452 e. The monoisotopic (exact) mass is 295 g/mol. The summed E-state index contributed by atoms with van der Waals surface area (Å²) in [6.45, 7) is 1.65. The average Bonchev–Trinajstić information content (AvgIpc) is 2.88. The Morgan fingerprint density at radius 2 is 2.05 bits per heavy atom. The number of halogens is 1. The van der Waals surface area contributed by atoms with Crippen LogP contribution < -0.4 is 0 Å². The second-order valence-corrected chi connectivity index (χ2v) is 4.37. The fraction of sp³-hybridized carbons (Fsp3) is 0.154. The van der Waals surface area contributed by atoms with Crippen LogP contribution in [0.3, 0.4) is 0 Å². The van der Waals surface area contributed by atoms with Gasteiger partial charge in [-0.25, -0.2) is 4.79 Å². The third kappa shape index (κ3) is 2.97. The molecule has 0 spiro atoms. The summed E-state index contributed by atoms with van der Waals surface area (Å²) >= 11 is 5.99. The zero-order chi connectivity index (χ0) is 14.7. The summed E-state index contributed by atoms with van der Waals surface area (Å²) in [4.78, 5) is 21.5. The number of benzene rings is 1. The highest BCUT2D eigenvalue weighted by Crippen LogP contribution is 2.26. The zero-order valence-corrected chi connectivity index (χ0v) is 11.2. The van der Waals surface area contributed by atoms with Crippen LogP contribution in [-0.2, 0) is 4.74 Å². The summed E-state index contributed by atoms with van der Waals surface area (Å²) in [6, 6.07) is 9.22. The normalized spacial score (nSPS) is 11.9. The van der Waals surface area contributed by atoms with Gasteiger partial charge in [0.1, 0.15) is 11.0 Å². The number of hydrogen-bond donors (Lipinski definition) is 0. The van der Waals surface area contributed by atoms with Crippen LogP contribution in [0.4, 0.5) is 5.88 Å². The standard InChI is InChI=1S/C13H10ClNO5/c1-8(9-4-2-3-5-10(9)14)19-13(16)11-6-7-12(20-11)15(17)18/h2-8H,1H3/t8-/m0/s1. The van der Waals surface area contributed by atoms with Gasteiger partial charge in [0.05, 0.1) is 6.07 Å². The van der Waals surface area contributed by atoms with Crippen molar-refractivity contribution in [2.24, 2.45) is 0 Å². The van der Waals surface area contributed by atoms with Crippen molar-refractivity contribution >= 4 is 23.5 Å². The molecule has 0 aliphatic heterocycles. The molecule has 1 aromatic heterocycles. The number of esters is 1. The van der Waals surface area contributed by atoms with Crippen molar-refractivity contribution in [1.82, 2.24) is 0 Å². The van der Waals surface area contributed by atoms with Crippen molar-refractivity contribution in [3.63, 3.8) is 0 Å². The topological polar surface area (TPSA) is 82.6 Å². The number of carbonyl (C=O) groups is 1. The van der Waals surface area contributed by atoms with E-state index >= 15 is 0 Å². The van der Waals surface area contributed by atoms with Crippen molar-refractivity contribution in [1.29, 1.82) is 0 Å². The minimum atomic E-state index is -0.787. The highest BCUT2D eigenvalue weighted by atomic mass is 35.5. The lowest BCUT2D eigenvalue weighted by Crippen LogP contribution is -2.08. The Morgan fingerprint density at radius 1 is 1.35 bits per heavy atom. The van der Waals surface area contributed by atoms with Crippen molar-refractivity contribution in [2.45, 2.75) is 13.0 Å². The molecule has 20 heavy (non-hydrogen) atoms. The third-order valence-electron chi connectivity index (χ3n) is 2.60. The largest absolute Gasteiger partial charge is 0.452 e. The molecule has 0 saturated carbocycles.